The van der Waals surface area contributed by atoms with Gasteiger partial charge >= 0.3 is 5.97 Å². The zero-order valence-electron chi connectivity index (χ0n) is 10.8. The summed E-state index contributed by atoms with van der Waals surface area (Å²) in [7, 11) is 0. The van der Waals surface area contributed by atoms with Crippen LogP contribution in [-0.2, 0) is 16.1 Å². The molecule has 6 heteroatoms. The van der Waals surface area contributed by atoms with Crippen molar-refractivity contribution in [3.8, 4) is 17.2 Å². The molecule has 19 heavy (non-hydrogen) atoms. The molecule has 0 aliphatic carbocycles. The summed E-state index contributed by atoms with van der Waals surface area (Å²) in [5.74, 6) is -1.44. The van der Waals surface area contributed by atoms with Gasteiger partial charge < -0.3 is 25.4 Å². The molecule has 0 atom stereocenters. The SMILES string of the molecule is CCOC(=O)CCCNCc1ccc(O)c(O)c1O. The normalized spacial score (nSPS) is 10.4. The molecule has 0 unspecified atom stereocenters. The van der Waals surface area contributed by atoms with E-state index in [4.69, 9.17) is 9.84 Å². The van der Waals surface area contributed by atoms with Gasteiger partial charge in [0.1, 0.15) is 0 Å². The lowest BCUT2D eigenvalue weighted by Gasteiger charge is -2.08. The predicted molar refractivity (Wildman–Crippen MR) is 69.0 cm³/mol. The Hall–Kier alpha value is -1.95. The van der Waals surface area contributed by atoms with Gasteiger partial charge in [0.2, 0.25) is 5.75 Å². The number of phenolic OH excluding ortho intramolecular Hbond substituents is 3. The van der Waals surface area contributed by atoms with Gasteiger partial charge in [-0.2, -0.15) is 0 Å². The zero-order chi connectivity index (χ0) is 14.3. The summed E-state index contributed by atoms with van der Waals surface area (Å²) >= 11 is 0. The molecule has 0 spiro atoms. The number of benzene rings is 1. The predicted octanol–water partition coefficient (Wildman–Crippen LogP) is 1.24. The van der Waals surface area contributed by atoms with Crippen molar-refractivity contribution in [3.63, 3.8) is 0 Å². The maximum atomic E-state index is 11.1. The minimum atomic E-state index is -0.522. The number of carbonyl (C=O) groups is 1. The zero-order valence-corrected chi connectivity index (χ0v) is 10.8. The molecule has 6 nitrogen and oxygen atoms in total. The Labute approximate surface area is 111 Å². The molecule has 1 aromatic rings. The van der Waals surface area contributed by atoms with Crippen LogP contribution in [-0.4, -0.2) is 34.4 Å². The highest BCUT2D eigenvalue weighted by Crippen LogP contribution is 2.36. The maximum absolute atomic E-state index is 11.1. The number of hydrogen-bond acceptors (Lipinski definition) is 6. The minimum absolute atomic E-state index is 0.227. The molecular formula is C13H19NO5. The molecule has 1 aromatic carbocycles. The number of nitrogens with one attached hydrogen (secondary N) is 1. The van der Waals surface area contributed by atoms with Crippen LogP contribution in [0.25, 0.3) is 0 Å². The van der Waals surface area contributed by atoms with E-state index >= 15 is 0 Å². The fourth-order valence-corrected chi connectivity index (χ4v) is 1.57. The van der Waals surface area contributed by atoms with Crippen LogP contribution < -0.4 is 5.32 Å². The number of hydrogen-bond donors (Lipinski definition) is 4. The average Bonchev–Trinajstić information content (AvgIpc) is 2.38. The Bertz CT molecular complexity index is 433. The first-order valence-corrected chi connectivity index (χ1v) is 6.15. The van der Waals surface area contributed by atoms with Crippen LogP contribution in [0.4, 0.5) is 0 Å². The van der Waals surface area contributed by atoms with E-state index in [1.165, 1.54) is 12.1 Å². The Balaban J connectivity index is 2.30. The number of phenols is 3. The first-order chi connectivity index (χ1) is 9.06. The number of esters is 1. The Kier molecular flexibility index (Phi) is 5.95. The van der Waals surface area contributed by atoms with Gasteiger partial charge in [-0.25, -0.2) is 0 Å². The second kappa shape index (κ2) is 7.48. The lowest BCUT2D eigenvalue weighted by molar-refractivity contribution is -0.143. The van der Waals surface area contributed by atoms with Crippen molar-refractivity contribution in [1.82, 2.24) is 5.32 Å². The lowest BCUT2D eigenvalue weighted by Crippen LogP contribution is -2.16. The van der Waals surface area contributed by atoms with Crippen molar-refractivity contribution in [1.29, 1.82) is 0 Å². The molecule has 0 saturated heterocycles. The number of carbonyl (C=O) groups excluding carboxylic acids is 1. The Morgan fingerprint density at radius 1 is 1.26 bits per heavy atom. The van der Waals surface area contributed by atoms with Crippen molar-refractivity contribution < 1.29 is 24.9 Å². The average molecular weight is 269 g/mol. The monoisotopic (exact) mass is 269 g/mol. The highest BCUT2D eigenvalue weighted by atomic mass is 16.5. The topological polar surface area (TPSA) is 99.0 Å². The number of aromatic hydroxyl groups is 3. The molecule has 0 aliphatic heterocycles. The molecule has 0 heterocycles. The van der Waals surface area contributed by atoms with E-state index in [1.807, 2.05) is 0 Å². The van der Waals surface area contributed by atoms with Crippen LogP contribution in [0.1, 0.15) is 25.3 Å². The van der Waals surface area contributed by atoms with E-state index in [2.05, 4.69) is 5.32 Å². The second-order valence-electron chi connectivity index (χ2n) is 4.03. The second-order valence-corrected chi connectivity index (χ2v) is 4.03. The van der Waals surface area contributed by atoms with Gasteiger partial charge in [-0.05, 0) is 26.0 Å². The molecule has 0 saturated carbocycles. The van der Waals surface area contributed by atoms with E-state index in [1.54, 1.807) is 6.92 Å². The molecule has 0 bridgehead atoms. The van der Waals surface area contributed by atoms with Crippen LogP contribution in [0, 0.1) is 0 Å². The van der Waals surface area contributed by atoms with Crippen LogP contribution in [0.3, 0.4) is 0 Å². The van der Waals surface area contributed by atoms with Crippen molar-refractivity contribution in [2.45, 2.75) is 26.3 Å². The molecule has 106 valence electrons. The minimum Gasteiger partial charge on any atom is -0.504 e. The Morgan fingerprint density at radius 3 is 2.68 bits per heavy atom. The lowest BCUT2D eigenvalue weighted by atomic mass is 10.1. The first kappa shape index (κ1) is 15.1. The summed E-state index contributed by atoms with van der Waals surface area (Å²) < 4.78 is 4.79. The fraction of sp³-hybridized carbons (Fsp3) is 0.462. The van der Waals surface area contributed by atoms with Gasteiger partial charge in [-0.15, -0.1) is 0 Å². The van der Waals surface area contributed by atoms with E-state index in [0.29, 0.717) is 38.1 Å². The van der Waals surface area contributed by atoms with Gasteiger partial charge in [0, 0.05) is 18.5 Å². The highest BCUT2D eigenvalue weighted by molar-refractivity contribution is 5.69. The fourth-order valence-electron chi connectivity index (χ4n) is 1.57. The third-order valence-corrected chi connectivity index (χ3v) is 2.57. The van der Waals surface area contributed by atoms with Crippen molar-refractivity contribution in [2.75, 3.05) is 13.2 Å². The summed E-state index contributed by atoms with van der Waals surface area (Å²) in [5, 5.41) is 31.1. The molecule has 4 N–H and O–H groups in total. The standard InChI is InChI=1S/C13H19NO5/c1-2-19-11(16)4-3-7-14-8-9-5-6-10(15)13(18)12(9)17/h5-6,14-15,17-18H,2-4,7-8H2,1H3. The third kappa shape index (κ3) is 4.67. The largest absolute Gasteiger partial charge is 0.504 e. The van der Waals surface area contributed by atoms with Crippen LogP contribution in [0.2, 0.25) is 0 Å². The maximum Gasteiger partial charge on any atom is 0.305 e. The van der Waals surface area contributed by atoms with Gasteiger partial charge in [-0.3, -0.25) is 4.79 Å². The van der Waals surface area contributed by atoms with E-state index in [0.717, 1.165) is 0 Å². The number of ether oxygens (including phenoxy) is 1. The van der Waals surface area contributed by atoms with E-state index < -0.39 is 5.75 Å². The van der Waals surface area contributed by atoms with Gasteiger partial charge in [0.25, 0.3) is 0 Å². The highest BCUT2D eigenvalue weighted by Gasteiger charge is 2.10. The van der Waals surface area contributed by atoms with E-state index in [-0.39, 0.29) is 17.5 Å². The van der Waals surface area contributed by atoms with Crippen molar-refractivity contribution in [2.24, 2.45) is 0 Å². The third-order valence-electron chi connectivity index (χ3n) is 2.57. The quantitative estimate of drug-likeness (QED) is 0.337. The summed E-state index contributed by atoms with van der Waals surface area (Å²) in [5.41, 5.74) is 0.478. The Morgan fingerprint density at radius 2 is 2.00 bits per heavy atom. The number of rotatable bonds is 7. The summed E-state index contributed by atoms with van der Waals surface area (Å²) in [6.07, 6.45) is 0.970. The summed E-state index contributed by atoms with van der Waals surface area (Å²) in [6.45, 7) is 3.06. The van der Waals surface area contributed by atoms with Crippen LogP contribution in [0.5, 0.6) is 17.2 Å². The summed E-state index contributed by atoms with van der Waals surface area (Å²) in [4.78, 5) is 11.1. The first-order valence-electron chi connectivity index (χ1n) is 6.15. The van der Waals surface area contributed by atoms with Crippen molar-refractivity contribution >= 4 is 5.97 Å². The van der Waals surface area contributed by atoms with E-state index in [9.17, 15) is 15.0 Å². The van der Waals surface area contributed by atoms with Crippen molar-refractivity contribution in [3.05, 3.63) is 17.7 Å². The summed E-state index contributed by atoms with van der Waals surface area (Å²) in [6, 6.07) is 2.83. The smallest absolute Gasteiger partial charge is 0.305 e. The molecular weight excluding hydrogens is 250 g/mol. The van der Waals surface area contributed by atoms with Gasteiger partial charge in [0.15, 0.2) is 11.5 Å². The molecule has 0 amide bonds. The molecule has 1 rings (SSSR count). The molecule has 0 radical (unpaired) electrons. The van der Waals surface area contributed by atoms with Gasteiger partial charge in [-0.1, -0.05) is 6.07 Å². The van der Waals surface area contributed by atoms with Crippen LogP contribution >= 0.6 is 0 Å². The van der Waals surface area contributed by atoms with Gasteiger partial charge in [0.05, 0.1) is 6.61 Å². The van der Waals surface area contributed by atoms with Crippen LogP contribution in [0.15, 0.2) is 12.1 Å². The molecule has 0 fully saturated rings. The molecule has 0 aromatic heterocycles. The molecule has 0 aliphatic rings.